The van der Waals surface area contributed by atoms with E-state index in [-0.39, 0.29) is 6.61 Å². The van der Waals surface area contributed by atoms with Crippen LogP contribution in [0.5, 0.6) is 0 Å². The SMILES string of the molecule is Cc1cc2c(NC3(C(=O)O)CCOC3)nccn2n1. The maximum absolute atomic E-state index is 11.5. The molecule has 1 fully saturated rings. The fourth-order valence-corrected chi connectivity index (χ4v) is 2.25. The van der Waals surface area contributed by atoms with Crippen molar-refractivity contribution in [1.29, 1.82) is 0 Å². The van der Waals surface area contributed by atoms with Crippen LogP contribution >= 0.6 is 0 Å². The summed E-state index contributed by atoms with van der Waals surface area (Å²) in [6.07, 6.45) is 3.73. The van der Waals surface area contributed by atoms with E-state index in [1.54, 1.807) is 16.9 Å². The molecule has 19 heavy (non-hydrogen) atoms. The number of aliphatic carboxylic acids is 1. The first kappa shape index (κ1) is 11.9. The molecular weight excluding hydrogens is 248 g/mol. The van der Waals surface area contributed by atoms with Crippen molar-refractivity contribution >= 4 is 17.3 Å². The monoisotopic (exact) mass is 262 g/mol. The highest BCUT2D eigenvalue weighted by Gasteiger charge is 2.43. The summed E-state index contributed by atoms with van der Waals surface area (Å²) in [5.41, 5.74) is 0.503. The van der Waals surface area contributed by atoms with Crippen molar-refractivity contribution in [1.82, 2.24) is 14.6 Å². The van der Waals surface area contributed by atoms with Gasteiger partial charge in [0.2, 0.25) is 0 Å². The Morgan fingerprint density at radius 2 is 2.47 bits per heavy atom. The fourth-order valence-electron chi connectivity index (χ4n) is 2.25. The number of nitrogens with one attached hydrogen (secondary N) is 1. The van der Waals surface area contributed by atoms with E-state index in [1.165, 1.54) is 0 Å². The molecule has 1 atom stereocenters. The number of hydrogen-bond donors (Lipinski definition) is 2. The number of carboxylic acid groups (broad SMARTS) is 1. The van der Waals surface area contributed by atoms with Crippen molar-refractivity contribution in [2.24, 2.45) is 0 Å². The van der Waals surface area contributed by atoms with Gasteiger partial charge in [-0.05, 0) is 13.0 Å². The van der Waals surface area contributed by atoms with E-state index < -0.39 is 11.5 Å². The molecule has 0 spiro atoms. The molecule has 0 saturated carbocycles. The Labute approximate surface area is 109 Å². The molecule has 100 valence electrons. The molecule has 0 amide bonds. The van der Waals surface area contributed by atoms with Crippen LogP contribution in [0.3, 0.4) is 0 Å². The summed E-state index contributed by atoms with van der Waals surface area (Å²) in [6.45, 7) is 2.45. The molecule has 1 aliphatic rings. The molecule has 7 heteroatoms. The van der Waals surface area contributed by atoms with Crippen LogP contribution < -0.4 is 5.32 Å². The van der Waals surface area contributed by atoms with Gasteiger partial charge in [0.25, 0.3) is 0 Å². The minimum atomic E-state index is -1.10. The normalized spacial score (nSPS) is 22.8. The van der Waals surface area contributed by atoms with E-state index in [9.17, 15) is 9.90 Å². The first-order valence-electron chi connectivity index (χ1n) is 6.01. The van der Waals surface area contributed by atoms with Crippen molar-refractivity contribution in [3.05, 3.63) is 24.2 Å². The second-order valence-electron chi connectivity index (χ2n) is 4.71. The van der Waals surface area contributed by atoms with E-state index in [4.69, 9.17) is 4.74 Å². The van der Waals surface area contributed by atoms with Gasteiger partial charge in [-0.1, -0.05) is 0 Å². The van der Waals surface area contributed by atoms with Gasteiger partial charge < -0.3 is 15.2 Å². The molecule has 1 saturated heterocycles. The second-order valence-corrected chi connectivity index (χ2v) is 4.71. The highest BCUT2D eigenvalue weighted by Crippen LogP contribution is 2.26. The second kappa shape index (κ2) is 4.20. The van der Waals surface area contributed by atoms with Gasteiger partial charge in [-0.15, -0.1) is 0 Å². The van der Waals surface area contributed by atoms with Gasteiger partial charge in [0.15, 0.2) is 11.4 Å². The standard InChI is InChI=1S/C12H14N4O3/c1-8-6-9-10(13-3-4-16(9)15-8)14-12(11(17)18)2-5-19-7-12/h3-4,6H,2,5,7H2,1H3,(H,13,14)(H,17,18). The Morgan fingerprint density at radius 3 is 3.16 bits per heavy atom. The van der Waals surface area contributed by atoms with Crippen LogP contribution in [-0.2, 0) is 9.53 Å². The average Bonchev–Trinajstić information content (AvgIpc) is 2.96. The van der Waals surface area contributed by atoms with Crippen LogP contribution in [-0.4, -0.2) is 44.4 Å². The zero-order chi connectivity index (χ0) is 13.5. The zero-order valence-electron chi connectivity index (χ0n) is 10.5. The van der Waals surface area contributed by atoms with E-state index >= 15 is 0 Å². The molecule has 0 bridgehead atoms. The first-order valence-corrected chi connectivity index (χ1v) is 6.01. The summed E-state index contributed by atoms with van der Waals surface area (Å²) in [7, 11) is 0. The van der Waals surface area contributed by atoms with Gasteiger partial charge in [-0.2, -0.15) is 5.10 Å². The van der Waals surface area contributed by atoms with Crippen molar-refractivity contribution < 1.29 is 14.6 Å². The van der Waals surface area contributed by atoms with E-state index in [0.717, 1.165) is 11.2 Å². The van der Waals surface area contributed by atoms with Gasteiger partial charge in [-0.25, -0.2) is 14.3 Å². The van der Waals surface area contributed by atoms with Crippen molar-refractivity contribution in [2.45, 2.75) is 18.9 Å². The third-order valence-electron chi connectivity index (χ3n) is 3.30. The predicted molar refractivity (Wildman–Crippen MR) is 67.1 cm³/mol. The summed E-state index contributed by atoms with van der Waals surface area (Å²) >= 11 is 0. The highest BCUT2D eigenvalue weighted by atomic mass is 16.5. The number of aryl methyl sites for hydroxylation is 1. The molecule has 0 radical (unpaired) electrons. The topological polar surface area (TPSA) is 88.8 Å². The predicted octanol–water partition coefficient (Wildman–Crippen LogP) is 0.693. The summed E-state index contributed by atoms with van der Waals surface area (Å²) in [5, 5.41) is 16.7. The van der Waals surface area contributed by atoms with Crippen LogP contribution in [0.25, 0.3) is 5.52 Å². The van der Waals surface area contributed by atoms with Crippen LogP contribution in [0.2, 0.25) is 0 Å². The number of rotatable bonds is 3. The largest absolute Gasteiger partial charge is 0.479 e. The van der Waals surface area contributed by atoms with Gasteiger partial charge in [-0.3, -0.25) is 0 Å². The Kier molecular flexibility index (Phi) is 2.63. The number of anilines is 1. The maximum Gasteiger partial charge on any atom is 0.331 e. The fraction of sp³-hybridized carbons (Fsp3) is 0.417. The lowest BCUT2D eigenvalue weighted by molar-refractivity contribution is -0.142. The Bertz CT molecular complexity index is 631. The molecule has 7 nitrogen and oxygen atoms in total. The first-order chi connectivity index (χ1) is 9.11. The van der Waals surface area contributed by atoms with Crippen molar-refractivity contribution in [3.63, 3.8) is 0 Å². The number of aromatic nitrogens is 3. The molecule has 2 aromatic rings. The summed E-state index contributed by atoms with van der Waals surface area (Å²) in [6, 6.07) is 1.86. The smallest absolute Gasteiger partial charge is 0.331 e. The Balaban J connectivity index is 2.02. The third kappa shape index (κ3) is 1.91. The minimum absolute atomic E-state index is 0.137. The molecule has 0 aliphatic carbocycles. The number of fused-ring (bicyclic) bond motifs is 1. The van der Waals surface area contributed by atoms with Gasteiger partial charge in [0.05, 0.1) is 12.3 Å². The highest BCUT2D eigenvalue weighted by molar-refractivity contribution is 5.85. The molecule has 1 aliphatic heterocycles. The number of carbonyl (C=O) groups is 1. The molecular formula is C12H14N4O3. The molecule has 0 aromatic carbocycles. The summed E-state index contributed by atoms with van der Waals surface area (Å²) in [5.74, 6) is -0.416. The molecule has 1 unspecified atom stereocenters. The lowest BCUT2D eigenvalue weighted by atomic mass is 9.99. The van der Waals surface area contributed by atoms with Crippen LogP contribution in [0.4, 0.5) is 5.82 Å². The molecule has 3 rings (SSSR count). The molecule has 2 aromatic heterocycles. The average molecular weight is 262 g/mol. The Hall–Kier alpha value is -2.15. The zero-order valence-corrected chi connectivity index (χ0v) is 10.5. The van der Waals surface area contributed by atoms with E-state index in [0.29, 0.717) is 18.8 Å². The van der Waals surface area contributed by atoms with Crippen LogP contribution in [0.15, 0.2) is 18.5 Å². The lowest BCUT2D eigenvalue weighted by Crippen LogP contribution is -2.47. The van der Waals surface area contributed by atoms with Crippen LogP contribution in [0.1, 0.15) is 12.1 Å². The summed E-state index contributed by atoms with van der Waals surface area (Å²) in [4.78, 5) is 15.7. The van der Waals surface area contributed by atoms with Gasteiger partial charge >= 0.3 is 5.97 Å². The van der Waals surface area contributed by atoms with Crippen LogP contribution in [0, 0.1) is 6.92 Å². The number of ether oxygens (including phenoxy) is 1. The molecule has 2 N–H and O–H groups in total. The van der Waals surface area contributed by atoms with Crippen molar-refractivity contribution in [2.75, 3.05) is 18.5 Å². The van der Waals surface area contributed by atoms with Gasteiger partial charge in [0, 0.05) is 25.4 Å². The number of carboxylic acids is 1. The number of hydrogen-bond acceptors (Lipinski definition) is 5. The van der Waals surface area contributed by atoms with E-state index in [2.05, 4.69) is 15.4 Å². The maximum atomic E-state index is 11.5. The minimum Gasteiger partial charge on any atom is -0.479 e. The lowest BCUT2D eigenvalue weighted by Gasteiger charge is -2.24. The summed E-state index contributed by atoms with van der Waals surface area (Å²) < 4.78 is 6.89. The third-order valence-corrected chi connectivity index (χ3v) is 3.30. The van der Waals surface area contributed by atoms with Crippen molar-refractivity contribution in [3.8, 4) is 0 Å². The molecule has 3 heterocycles. The quantitative estimate of drug-likeness (QED) is 0.846. The van der Waals surface area contributed by atoms with E-state index in [1.807, 2.05) is 13.0 Å². The Morgan fingerprint density at radius 1 is 1.63 bits per heavy atom. The van der Waals surface area contributed by atoms with Gasteiger partial charge in [0.1, 0.15) is 5.52 Å². The number of nitrogens with zero attached hydrogens (tertiary/aromatic N) is 3.